The van der Waals surface area contributed by atoms with E-state index in [-0.39, 0.29) is 11.8 Å². The van der Waals surface area contributed by atoms with Crippen LogP contribution in [0.1, 0.15) is 37.7 Å². The maximum absolute atomic E-state index is 12.4. The maximum Gasteiger partial charge on any atom is 0.225 e. The first-order valence-electron chi connectivity index (χ1n) is 8.31. The average molecular weight is 320 g/mol. The van der Waals surface area contributed by atoms with Crippen LogP contribution in [0, 0.1) is 5.92 Å². The predicted octanol–water partition coefficient (Wildman–Crippen LogP) is 2.54. The van der Waals surface area contributed by atoms with Crippen LogP contribution in [0.3, 0.4) is 0 Å². The molecule has 2 saturated heterocycles. The van der Waals surface area contributed by atoms with Gasteiger partial charge in [0.25, 0.3) is 0 Å². The summed E-state index contributed by atoms with van der Waals surface area (Å²) in [5.74, 6) is 0.695. The number of aryl methyl sites for hydroxylation is 1. The standard InChI is InChI=1S/C17H24N2O2S/c20-16(4-3-14-7-12-22-13-14)18-10-5-15(6-11-18)17(21)19-8-1-2-9-19/h7,12-13,15H,1-6,8-11H2. The van der Waals surface area contributed by atoms with Crippen molar-refractivity contribution in [1.29, 1.82) is 0 Å². The van der Waals surface area contributed by atoms with Crippen LogP contribution in [0.2, 0.25) is 0 Å². The van der Waals surface area contributed by atoms with Crippen molar-refractivity contribution < 1.29 is 9.59 Å². The van der Waals surface area contributed by atoms with Crippen molar-refractivity contribution in [3.8, 4) is 0 Å². The summed E-state index contributed by atoms with van der Waals surface area (Å²) in [6.07, 6.45) is 5.37. The van der Waals surface area contributed by atoms with Crippen LogP contribution in [0.5, 0.6) is 0 Å². The third-order valence-corrected chi connectivity index (χ3v) is 5.55. The van der Waals surface area contributed by atoms with Crippen LogP contribution < -0.4 is 0 Å². The number of rotatable bonds is 4. The minimum absolute atomic E-state index is 0.138. The molecule has 2 fully saturated rings. The van der Waals surface area contributed by atoms with Crippen molar-refractivity contribution in [2.75, 3.05) is 26.2 Å². The van der Waals surface area contributed by atoms with Crippen LogP contribution in [0.25, 0.3) is 0 Å². The van der Waals surface area contributed by atoms with Crippen molar-refractivity contribution in [2.45, 2.75) is 38.5 Å². The first-order chi connectivity index (χ1) is 10.7. The van der Waals surface area contributed by atoms with Crippen molar-refractivity contribution >= 4 is 23.2 Å². The highest BCUT2D eigenvalue weighted by Gasteiger charge is 2.30. The van der Waals surface area contributed by atoms with Crippen LogP contribution in [0.15, 0.2) is 16.8 Å². The minimum atomic E-state index is 0.138. The zero-order valence-corrected chi connectivity index (χ0v) is 13.8. The van der Waals surface area contributed by atoms with Crippen molar-refractivity contribution in [3.63, 3.8) is 0 Å². The van der Waals surface area contributed by atoms with E-state index in [9.17, 15) is 9.59 Å². The van der Waals surface area contributed by atoms with Gasteiger partial charge in [0, 0.05) is 38.5 Å². The number of amides is 2. The molecule has 1 aromatic heterocycles. The molecule has 2 amide bonds. The third-order valence-electron chi connectivity index (χ3n) is 4.82. The Balaban J connectivity index is 1.42. The smallest absolute Gasteiger partial charge is 0.225 e. The number of piperidine rings is 1. The molecule has 0 saturated carbocycles. The Morgan fingerprint density at radius 1 is 1.09 bits per heavy atom. The fourth-order valence-electron chi connectivity index (χ4n) is 3.42. The number of carbonyl (C=O) groups is 2. The summed E-state index contributed by atoms with van der Waals surface area (Å²) in [6.45, 7) is 3.34. The van der Waals surface area contributed by atoms with Gasteiger partial charge >= 0.3 is 0 Å². The Bertz CT molecular complexity index is 501. The number of likely N-dealkylation sites (tertiary alicyclic amines) is 2. The quantitative estimate of drug-likeness (QED) is 0.855. The monoisotopic (exact) mass is 320 g/mol. The summed E-state index contributed by atoms with van der Waals surface area (Å²) in [7, 11) is 0. The first-order valence-corrected chi connectivity index (χ1v) is 9.26. The number of hydrogen-bond donors (Lipinski definition) is 0. The highest BCUT2D eigenvalue weighted by molar-refractivity contribution is 7.07. The second-order valence-corrected chi connectivity index (χ2v) is 7.10. The fourth-order valence-corrected chi connectivity index (χ4v) is 4.12. The van der Waals surface area contributed by atoms with Gasteiger partial charge in [0.15, 0.2) is 0 Å². The van der Waals surface area contributed by atoms with E-state index in [1.54, 1.807) is 11.3 Å². The molecule has 22 heavy (non-hydrogen) atoms. The van der Waals surface area contributed by atoms with Gasteiger partial charge < -0.3 is 9.80 Å². The van der Waals surface area contributed by atoms with Crippen molar-refractivity contribution in [1.82, 2.24) is 9.80 Å². The Kier molecular flexibility index (Phi) is 5.13. The molecule has 0 N–H and O–H groups in total. The van der Waals surface area contributed by atoms with E-state index in [0.717, 1.165) is 58.3 Å². The second-order valence-electron chi connectivity index (χ2n) is 6.32. The topological polar surface area (TPSA) is 40.6 Å². The number of carbonyl (C=O) groups excluding carboxylic acids is 2. The lowest BCUT2D eigenvalue weighted by molar-refractivity contribution is -0.140. The van der Waals surface area contributed by atoms with E-state index in [1.807, 2.05) is 9.80 Å². The van der Waals surface area contributed by atoms with E-state index in [1.165, 1.54) is 5.56 Å². The van der Waals surface area contributed by atoms with Crippen LogP contribution >= 0.6 is 11.3 Å². The van der Waals surface area contributed by atoms with Gasteiger partial charge in [-0.25, -0.2) is 0 Å². The molecule has 0 unspecified atom stereocenters. The Morgan fingerprint density at radius 3 is 2.45 bits per heavy atom. The number of thiophene rings is 1. The zero-order chi connectivity index (χ0) is 15.4. The van der Waals surface area contributed by atoms with Crippen molar-refractivity contribution in [2.24, 2.45) is 5.92 Å². The largest absolute Gasteiger partial charge is 0.343 e. The highest BCUT2D eigenvalue weighted by atomic mass is 32.1. The minimum Gasteiger partial charge on any atom is -0.343 e. The molecule has 0 spiro atoms. The Morgan fingerprint density at radius 2 is 1.82 bits per heavy atom. The van der Waals surface area contributed by atoms with E-state index in [0.29, 0.717) is 12.3 Å². The molecule has 3 rings (SSSR count). The summed E-state index contributed by atoms with van der Waals surface area (Å²) in [5, 5.41) is 4.16. The van der Waals surface area contributed by atoms with Crippen molar-refractivity contribution in [3.05, 3.63) is 22.4 Å². The summed E-state index contributed by atoms with van der Waals surface area (Å²) in [6, 6.07) is 2.08. The Hall–Kier alpha value is -1.36. The van der Waals surface area contributed by atoms with Gasteiger partial charge in [-0.1, -0.05) is 0 Å². The number of nitrogens with zero attached hydrogens (tertiary/aromatic N) is 2. The van der Waals surface area contributed by atoms with Gasteiger partial charge in [-0.2, -0.15) is 11.3 Å². The van der Waals surface area contributed by atoms with Gasteiger partial charge in [-0.3, -0.25) is 9.59 Å². The SMILES string of the molecule is O=C(CCc1ccsc1)N1CCC(C(=O)N2CCCC2)CC1. The van der Waals surface area contributed by atoms with Crippen LogP contribution in [-0.2, 0) is 16.0 Å². The molecule has 3 heterocycles. The molecule has 4 nitrogen and oxygen atoms in total. The van der Waals surface area contributed by atoms with E-state index in [4.69, 9.17) is 0 Å². The molecule has 1 aromatic rings. The molecule has 0 aliphatic carbocycles. The molecule has 2 aliphatic heterocycles. The van der Waals surface area contributed by atoms with Gasteiger partial charge in [0.1, 0.15) is 0 Å². The third kappa shape index (κ3) is 3.69. The first kappa shape index (κ1) is 15.5. The van der Waals surface area contributed by atoms with Gasteiger partial charge in [0.05, 0.1) is 0 Å². The molecular weight excluding hydrogens is 296 g/mol. The van der Waals surface area contributed by atoms with Gasteiger partial charge in [-0.05, 0) is 54.5 Å². The number of hydrogen-bond acceptors (Lipinski definition) is 3. The molecule has 0 aromatic carbocycles. The summed E-state index contributed by atoms with van der Waals surface area (Å²) in [4.78, 5) is 28.6. The molecule has 2 aliphatic rings. The lowest BCUT2D eigenvalue weighted by Crippen LogP contribution is -2.43. The zero-order valence-electron chi connectivity index (χ0n) is 13.0. The molecule has 0 bridgehead atoms. The maximum atomic E-state index is 12.4. The van der Waals surface area contributed by atoms with E-state index >= 15 is 0 Å². The highest BCUT2D eigenvalue weighted by Crippen LogP contribution is 2.22. The fraction of sp³-hybridized carbons (Fsp3) is 0.647. The molecule has 0 atom stereocenters. The normalized spacial score (nSPS) is 19.6. The second kappa shape index (κ2) is 7.27. The lowest BCUT2D eigenvalue weighted by atomic mass is 9.95. The molecule has 0 radical (unpaired) electrons. The summed E-state index contributed by atoms with van der Waals surface area (Å²) < 4.78 is 0. The van der Waals surface area contributed by atoms with E-state index in [2.05, 4.69) is 16.8 Å². The van der Waals surface area contributed by atoms with E-state index < -0.39 is 0 Å². The average Bonchev–Trinajstić information content (AvgIpc) is 3.25. The lowest BCUT2D eigenvalue weighted by Gasteiger charge is -2.33. The van der Waals surface area contributed by atoms with Crippen LogP contribution in [-0.4, -0.2) is 47.8 Å². The van der Waals surface area contributed by atoms with Gasteiger partial charge in [0.2, 0.25) is 11.8 Å². The predicted molar refractivity (Wildman–Crippen MR) is 87.8 cm³/mol. The summed E-state index contributed by atoms with van der Waals surface area (Å²) >= 11 is 1.68. The summed E-state index contributed by atoms with van der Waals surface area (Å²) in [5.41, 5.74) is 1.25. The Labute approximate surface area is 136 Å². The molecule has 120 valence electrons. The van der Waals surface area contributed by atoms with Crippen LogP contribution in [0.4, 0.5) is 0 Å². The van der Waals surface area contributed by atoms with Gasteiger partial charge in [-0.15, -0.1) is 0 Å². The molecule has 5 heteroatoms. The molecular formula is C17H24N2O2S.